The Morgan fingerprint density at radius 3 is 2.00 bits per heavy atom. The lowest BCUT2D eigenvalue weighted by Crippen LogP contribution is -2.22. The molecule has 0 radical (unpaired) electrons. The Balaban J connectivity index is 0.000000187. The zero-order chi connectivity index (χ0) is 27.5. The summed E-state index contributed by atoms with van der Waals surface area (Å²) in [5.74, 6) is 0.215. The van der Waals surface area contributed by atoms with E-state index in [0.29, 0.717) is 18.3 Å². The maximum atomic E-state index is 10.8. The van der Waals surface area contributed by atoms with Crippen LogP contribution in [0.5, 0.6) is 5.75 Å². The van der Waals surface area contributed by atoms with E-state index in [2.05, 4.69) is 72.9 Å². The van der Waals surface area contributed by atoms with E-state index in [0.717, 1.165) is 11.4 Å². The number of rotatable bonds is 8. The summed E-state index contributed by atoms with van der Waals surface area (Å²) >= 11 is 0. The number of nitrogens with two attached hydrogens (primary N) is 1. The van der Waals surface area contributed by atoms with Gasteiger partial charge >= 0.3 is 5.97 Å². The third-order valence-corrected chi connectivity index (χ3v) is 7.10. The van der Waals surface area contributed by atoms with Crippen LogP contribution >= 0.6 is 0 Å². The molecule has 0 amide bonds. The molecule has 0 bridgehead atoms. The molecular formula is C34H38N2O3. The molecule has 4 aromatic carbocycles. The predicted octanol–water partition coefficient (Wildman–Crippen LogP) is 7.92. The van der Waals surface area contributed by atoms with E-state index in [1.54, 1.807) is 12.1 Å². The number of anilines is 2. The predicted molar refractivity (Wildman–Crippen MR) is 160 cm³/mol. The van der Waals surface area contributed by atoms with Gasteiger partial charge in [0.25, 0.3) is 0 Å². The highest BCUT2D eigenvalue weighted by Crippen LogP contribution is 2.27. The molecule has 0 unspecified atom stereocenters. The molecule has 5 nitrogen and oxygen atoms in total. The zero-order valence-electron chi connectivity index (χ0n) is 22.6. The summed E-state index contributed by atoms with van der Waals surface area (Å²) in [7, 11) is 0. The molecule has 1 saturated carbocycles. The molecule has 5 rings (SSSR count). The second-order valence-corrected chi connectivity index (χ2v) is 10.1. The molecule has 1 aliphatic carbocycles. The molecule has 0 aliphatic heterocycles. The van der Waals surface area contributed by atoms with Gasteiger partial charge < -0.3 is 20.9 Å². The number of benzene rings is 4. The van der Waals surface area contributed by atoms with Crippen LogP contribution in [0.1, 0.15) is 65.1 Å². The number of aryl methyl sites for hydroxylation is 1. The van der Waals surface area contributed by atoms with E-state index >= 15 is 0 Å². The molecule has 0 saturated heterocycles. The molecule has 1 aliphatic rings. The van der Waals surface area contributed by atoms with Crippen LogP contribution in [0.4, 0.5) is 11.4 Å². The van der Waals surface area contributed by atoms with E-state index in [1.165, 1.54) is 54.9 Å². The van der Waals surface area contributed by atoms with Gasteiger partial charge in [-0.15, -0.1) is 0 Å². The lowest BCUT2D eigenvalue weighted by molar-refractivity contribution is 0.0697. The molecule has 0 spiro atoms. The summed E-state index contributed by atoms with van der Waals surface area (Å²) < 4.78 is 6.03. The SMILES string of the molecule is Cc1ccc(OCC(c2ccccc2)c2ccccc2)cc1.Nc1cc(C(=O)O)ccc1NC1CCCCC1. The van der Waals surface area contributed by atoms with Gasteiger partial charge in [-0.1, -0.05) is 97.6 Å². The number of carboxylic acid groups (broad SMARTS) is 1. The van der Waals surface area contributed by atoms with Crippen LogP contribution in [0, 0.1) is 6.92 Å². The summed E-state index contributed by atoms with van der Waals surface area (Å²) in [5, 5.41) is 12.2. The lowest BCUT2D eigenvalue weighted by atomic mass is 9.92. The molecule has 1 fully saturated rings. The van der Waals surface area contributed by atoms with Crippen molar-refractivity contribution < 1.29 is 14.6 Å². The molecule has 0 atom stereocenters. The van der Waals surface area contributed by atoms with Crippen LogP contribution in [-0.4, -0.2) is 23.7 Å². The Morgan fingerprint density at radius 2 is 1.46 bits per heavy atom. The van der Waals surface area contributed by atoms with Crippen molar-refractivity contribution in [3.8, 4) is 5.75 Å². The van der Waals surface area contributed by atoms with Crippen molar-refractivity contribution in [3.05, 3.63) is 125 Å². The first-order valence-electron chi connectivity index (χ1n) is 13.7. The standard InChI is InChI=1S/C21H20O.C13H18N2O2/c1-17-12-14-20(15-13-17)22-16-21(18-8-4-2-5-9-18)19-10-6-3-7-11-19;14-11-8-9(13(16)17)6-7-12(11)15-10-4-2-1-3-5-10/h2-15,21H,16H2,1H3;6-8,10,15H,1-5,14H2,(H,16,17). The van der Waals surface area contributed by atoms with Crippen molar-refractivity contribution in [2.75, 3.05) is 17.7 Å². The maximum Gasteiger partial charge on any atom is 0.335 e. The fraction of sp³-hybridized carbons (Fsp3) is 0.265. The van der Waals surface area contributed by atoms with Crippen LogP contribution in [0.15, 0.2) is 103 Å². The number of aromatic carboxylic acids is 1. The number of carboxylic acids is 1. The fourth-order valence-electron chi connectivity index (χ4n) is 4.86. The number of nitrogens with one attached hydrogen (secondary N) is 1. The van der Waals surface area contributed by atoms with Crippen molar-refractivity contribution in [1.29, 1.82) is 0 Å². The largest absolute Gasteiger partial charge is 0.493 e. The second-order valence-electron chi connectivity index (χ2n) is 10.1. The third kappa shape index (κ3) is 8.37. The topological polar surface area (TPSA) is 84.6 Å². The monoisotopic (exact) mass is 522 g/mol. The van der Waals surface area contributed by atoms with Crippen LogP contribution in [0.2, 0.25) is 0 Å². The number of nitrogen functional groups attached to an aromatic ring is 1. The molecule has 0 aromatic heterocycles. The quantitative estimate of drug-likeness (QED) is 0.205. The van der Waals surface area contributed by atoms with Crippen molar-refractivity contribution in [2.24, 2.45) is 0 Å². The molecule has 0 heterocycles. The highest BCUT2D eigenvalue weighted by molar-refractivity contribution is 5.90. The Kier molecular flexibility index (Phi) is 10.0. The summed E-state index contributed by atoms with van der Waals surface area (Å²) in [4.78, 5) is 10.8. The van der Waals surface area contributed by atoms with Gasteiger partial charge in [0, 0.05) is 12.0 Å². The van der Waals surface area contributed by atoms with Gasteiger partial charge in [-0.2, -0.15) is 0 Å². The highest BCUT2D eigenvalue weighted by atomic mass is 16.5. The Morgan fingerprint density at radius 1 is 0.872 bits per heavy atom. The van der Waals surface area contributed by atoms with Gasteiger partial charge in [-0.05, 0) is 61.2 Å². The minimum absolute atomic E-state index is 0.233. The van der Waals surface area contributed by atoms with Gasteiger partial charge in [0.05, 0.1) is 23.5 Å². The Hall–Kier alpha value is -4.25. The number of hydrogen-bond donors (Lipinski definition) is 3. The lowest BCUT2D eigenvalue weighted by Gasteiger charge is -2.24. The second kappa shape index (κ2) is 14.1. The molecule has 4 N–H and O–H groups in total. The van der Waals surface area contributed by atoms with Crippen molar-refractivity contribution in [2.45, 2.75) is 51.0 Å². The normalized spacial score (nSPS) is 13.3. The first kappa shape index (κ1) is 27.8. The molecule has 4 aromatic rings. The summed E-state index contributed by atoms with van der Waals surface area (Å²) in [6, 6.07) is 34.6. The van der Waals surface area contributed by atoms with Crippen molar-refractivity contribution >= 4 is 17.3 Å². The average molecular weight is 523 g/mol. The van der Waals surface area contributed by atoms with Crippen LogP contribution < -0.4 is 15.8 Å². The van der Waals surface area contributed by atoms with Crippen LogP contribution in [-0.2, 0) is 0 Å². The van der Waals surface area contributed by atoms with Gasteiger partial charge in [0.1, 0.15) is 5.75 Å². The number of ether oxygens (including phenoxy) is 1. The highest BCUT2D eigenvalue weighted by Gasteiger charge is 2.16. The summed E-state index contributed by atoms with van der Waals surface area (Å²) in [5.41, 5.74) is 11.2. The number of hydrogen-bond acceptors (Lipinski definition) is 4. The molecule has 202 valence electrons. The van der Waals surface area contributed by atoms with Crippen LogP contribution in [0.25, 0.3) is 0 Å². The molecule has 5 heteroatoms. The van der Waals surface area contributed by atoms with E-state index < -0.39 is 5.97 Å². The van der Waals surface area contributed by atoms with Crippen molar-refractivity contribution in [3.63, 3.8) is 0 Å². The first-order chi connectivity index (χ1) is 19.0. The van der Waals surface area contributed by atoms with Gasteiger partial charge in [-0.3, -0.25) is 0 Å². The van der Waals surface area contributed by atoms with Gasteiger partial charge in [-0.25, -0.2) is 4.79 Å². The number of carbonyl (C=O) groups is 1. The first-order valence-corrected chi connectivity index (χ1v) is 13.7. The Labute approximate surface area is 231 Å². The van der Waals surface area contributed by atoms with E-state index in [4.69, 9.17) is 15.6 Å². The summed E-state index contributed by atoms with van der Waals surface area (Å²) in [6.45, 7) is 2.72. The third-order valence-electron chi connectivity index (χ3n) is 7.10. The minimum Gasteiger partial charge on any atom is -0.493 e. The van der Waals surface area contributed by atoms with Crippen LogP contribution in [0.3, 0.4) is 0 Å². The Bertz CT molecular complexity index is 1260. The minimum atomic E-state index is -0.944. The summed E-state index contributed by atoms with van der Waals surface area (Å²) in [6.07, 6.45) is 6.15. The molecular weight excluding hydrogens is 484 g/mol. The van der Waals surface area contributed by atoms with E-state index in [1.807, 2.05) is 24.3 Å². The average Bonchev–Trinajstić information content (AvgIpc) is 2.97. The van der Waals surface area contributed by atoms with E-state index in [-0.39, 0.29) is 11.5 Å². The molecule has 39 heavy (non-hydrogen) atoms. The fourth-order valence-corrected chi connectivity index (χ4v) is 4.86. The zero-order valence-corrected chi connectivity index (χ0v) is 22.6. The van der Waals surface area contributed by atoms with E-state index in [9.17, 15) is 4.79 Å². The van der Waals surface area contributed by atoms with Gasteiger partial charge in [0.2, 0.25) is 0 Å². The maximum absolute atomic E-state index is 10.8. The smallest absolute Gasteiger partial charge is 0.335 e. The van der Waals surface area contributed by atoms with Crippen molar-refractivity contribution in [1.82, 2.24) is 0 Å². The van der Waals surface area contributed by atoms with Gasteiger partial charge in [0.15, 0.2) is 0 Å².